The average molecular weight is 312 g/mol. The molecule has 6 heteroatoms. The molecule has 0 saturated heterocycles. The van der Waals surface area contributed by atoms with Crippen LogP contribution in [-0.2, 0) is 0 Å². The van der Waals surface area contributed by atoms with Gasteiger partial charge in [0.1, 0.15) is 16.3 Å². The maximum Gasteiger partial charge on any atom is 0.341 e. The predicted molar refractivity (Wildman–Crippen MR) is 77.2 cm³/mol. The summed E-state index contributed by atoms with van der Waals surface area (Å²) >= 11 is 11.9. The lowest BCUT2D eigenvalue weighted by Gasteiger charge is -2.12. The maximum atomic E-state index is 11.3. The first kappa shape index (κ1) is 14.6. The molecule has 0 unspecified atom stereocenters. The van der Waals surface area contributed by atoms with Crippen molar-refractivity contribution in [2.75, 3.05) is 0 Å². The van der Waals surface area contributed by atoms with E-state index < -0.39 is 5.97 Å². The van der Waals surface area contributed by atoms with Gasteiger partial charge in [0.05, 0.1) is 5.02 Å². The Morgan fingerprint density at radius 1 is 1.30 bits per heavy atom. The van der Waals surface area contributed by atoms with Crippen LogP contribution in [0.3, 0.4) is 0 Å². The van der Waals surface area contributed by atoms with Crippen LogP contribution < -0.4 is 4.74 Å². The van der Waals surface area contributed by atoms with Crippen molar-refractivity contribution in [1.29, 1.82) is 0 Å². The summed E-state index contributed by atoms with van der Waals surface area (Å²) in [6.45, 7) is 3.44. The highest BCUT2D eigenvalue weighted by Crippen LogP contribution is 2.35. The predicted octanol–water partition coefficient (Wildman–Crippen LogP) is 4.50. The molecule has 1 N–H and O–H groups in total. The van der Waals surface area contributed by atoms with E-state index in [1.54, 1.807) is 38.1 Å². The number of carbonyl (C=O) groups is 1. The van der Waals surface area contributed by atoms with Crippen molar-refractivity contribution in [3.05, 3.63) is 51.1 Å². The number of halogens is 2. The number of carboxylic acids is 1. The summed E-state index contributed by atoms with van der Waals surface area (Å²) in [7, 11) is 0. The number of rotatable bonds is 3. The molecule has 1 aromatic heterocycles. The van der Waals surface area contributed by atoms with E-state index in [0.29, 0.717) is 16.3 Å². The smallest absolute Gasteiger partial charge is 0.341 e. The number of benzene rings is 1. The molecule has 2 rings (SSSR count). The number of hydrogen-bond acceptors (Lipinski definition) is 3. The van der Waals surface area contributed by atoms with E-state index in [9.17, 15) is 9.90 Å². The number of carboxylic acid groups (broad SMARTS) is 1. The van der Waals surface area contributed by atoms with Gasteiger partial charge < -0.3 is 9.84 Å². The molecular formula is C14H11Cl2NO3. The second-order valence-corrected chi connectivity index (χ2v) is 5.01. The van der Waals surface area contributed by atoms with E-state index in [-0.39, 0.29) is 22.2 Å². The van der Waals surface area contributed by atoms with Gasteiger partial charge in [-0.15, -0.1) is 0 Å². The minimum absolute atomic E-state index is 0.000772. The van der Waals surface area contributed by atoms with Crippen molar-refractivity contribution in [3.8, 4) is 11.6 Å². The summed E-state index contributed by atoms with van der Waals surface area (Å²) in [6, 6.07) is 6.55. The topological polar surface area (TPSA) is 59.4 Å². The summed E-state index contributed by atoms with van der Waals surface area (Å²) in [6.07, 6.45) is 0. The van der Waals surface area contributed by atoms with Gasteiger partial charge in [0.15, 0.2) is 0 Å². The molecule has 104 valence electrons. The molecular weight excluding hydrogens is 301 g/mol. The van der Waals surface area contributed by atoms with E-state index in [4.69, 9.17) is 27.9 Å². The maximum absolute atomic E-state index is 11.3. The molecule has 0 spiro atoms. The fraction of sp³-hybridized carbons (Fsp3) is 0.143. The number of aromatic nitrogens is 1. The first-order chi connectivity index (χ1) is 9.40. The SMILES string of the molecule is Cc1cc(C)c(C(=O)O)c(Oc2cccc(Cl)c2Cl)n1. The zero-order valence-electron chi connectivity index (χ0n) is 10.8. The van der Waals surface area contributed by atoms with E-state index in [0.717, 1.165) is 0 Å². The minimum atomic E-state index is -1.11. The van der Waals surface area contributed by atoms with Crippen molar-refractivity contribution < 1.29 is 14.6 Å². The lowest BCUT2D eigenvalue weighted by atomic mass is 10.1. The lowest BCUT2D eigenvalue weighted by Crippen LogP contribution is -2.06. The molecule has 0 aliphatic carbocycles. The van der Waals surface area contributed by atoms with Crippen LogP contribution in [0.1, 0.15) is 21.6 Å². The summed E-state index contributed by atoms with van der Waals surface area (Å²) in [5.41, 5.74) is 1.23. The van der Waals surface area contributed by atoms with Crippen molar-refractivity contribution in [2.24, 2.45) is 0 Å². The number of hydrogen-bond donors (Lipinski definition) is 1. The highest BCUT2D eigenvalue weighted by atomic mass is 35.5. The van der Waals surface area contributed by atoms with E-state index in [1.807, 2.05) is 0 Å². The van der Waals surface area contributed by atoms with Crippen LogP contribution in [0.25, 0.3) is 0 Å². The summed E-state index contributed by atoms with van der Waals surface area (Å²) < 4.78 is 5.54. The third kappa shape index (κ3) is 2.86. The van der Waals surface area contributed by atoms with Crippen LogP contribution in [0.15, 0.2) is 24.3 Å². The fourth-order valence-corrected chi connectivity index (χ4v) is 2.13. The Balaban J connectivity index is 2.53. The van der Waals surface area contributed by atoms with Gasteiger partial charge in [0.2, 0.25) is 5.88 Å². The minimum Gasteiger partial charge on any atom is -0.477 e. The van der Waals surface area contributed by atoms with Crippen molar-refractivity contribution >= 4 is 29.2 Å². The molecule has 0 radical (unpaired) electrons. The first-order valence-corrected chi connectivity index (χ1v) is 6.49. The lowest BCUT2D eigenvalue weighted by molar-refractivity contribution is 0.0692. The van der Waals surface area contributed by atoms with Gasteiger partial charge in [-0.1, -0.05) is 29.3 Å². The molecule has 0 amide bonds. The Labute approximate surface area is 125 Å². The quantitative estimate of drug-likeness (QED) is 0.906. The van der Waals surface area contributed by atoms with Crippen molar-refractivity contribution in [2.45, 2.75) is 13.8 Å². The summed E-state index contributed by atoms with van der Waals surface area (Å²) in [4.78, 5) is 15.4. The standard InChI is InChI=1S/C14H11Cl2NO3/c1-7-6-8(2)17-13(11(7)14(18)19)20-10-5-3-4-9(15)12(10)16/h3-6H,1-2H3,(H,18,19). The fourth-order valence-electron chi connectivity index (χ4n) is 1.80. The van der Waals surface area contributed by atoms with E-state index in [1.165, 1.54) is 0 Å². The molecule has 20 heavy (non-hydrogen) atoms. The molecule has 0 aliphatic heterocycles. The van der Waals surface area contributed by atoms with Gasteiger partial charge in [-0.05, 0) is 37.6 Å². The number of aromatic carboxylic acids is 1. The van der Waals surface area contributed by atoms with Gasteiger partial charge >= 0.3 is 5.97 Å². The number of pyridine rings is 1. The molecule has 2 aromatic rings. The van der Waals surface area contributed by atoms with Crippen LogP contribution >= 0.6 is 23.2 Å². The highest BCUT2D eigenvalue weighted by Gasteiger charge is 2.19. The molecule has 0 aliphatic rings. The Bertz CT molecular complexity index is 686. The Morgan fingerprint density at radius 2 is 2.00 bits per heavy atom. The highest BCUT2D eigenvalue weighted by molar-refractivity contribution is 6.42. The second kappa shape index (κ2) is 5.69. The van der Waals surface area contributed by atoms with Crippen LogP contribution in [0.2, 0.25) is 10.0 Å². The largest absolute Gasteiger partial charge is 0.477 e. The molecule has 0 saturated carbocycles. The van der Waals surface area contributed by atoms with E-state index >= 15 is 0 Å². The normalized spacial score (nSPS) is 10.4. The first-order valence-electron chi connectivity index (χ1n) is 5.73. The zero-order valence-corrected chi connectivity index (χ0v) is 12.3. The molecule has 1 aromatic carbocycles. The van der Waals surface area contributed by atoms with Crippen LogP contribution in [0, 0.1) is 13.8 Å². The summed E-state index contributed by atoms with van der Waals surface area (Å²) in [5.74, 6) is -0.846. The molecule has 1 heterocycles. The van der Waals surface area contributed by atoms with Gasteiger partial charge in [-0.25, -0.2) is 9.78 Å². The van der Waals surface area contributed by atoms with Gasteiger partial charge in [-0.3, -0.25) is 0 Å². The number of ether oxygens (including phenoxy) is 1. The van der Waals surface area contributed by atoms with E-state index in [2.05, 4.69) is 4.98 Å². The number of nitrogens with zero attached hydrogens (tertiary/aromatic N) is 1. The Morgan fingerprint density at radius 3 is 2.65 bits per heavy atom. The van der Waals surface area contributed by atoms with Crippen LogP contribution in [-0.4, -0.2) is 16.1 Å². The third-order valence-corrected chi connectivity index (χ3v) is 3.45. The third-order valence-electron chi connectivity index (χ3n) is 2.65. The van der Waals surface area contributed by atoms with Crippen molar-refractivity contribution in [3.63, 3.8) is 0 Å². The Hall–Kier alpha value is -1.78. The van der Waals surface area contributed by atoms with Crippen LogP contribution in [0.4, 0.5) is 0 Å². The van der Waals surface area contributed by atoms with Gasteiger partial charge in [0.25, 0.3) is 0 Å². The molecule has 4 nitrogen and oxygen atoms in total. The monoisotopic (exact) mass is 311 g/mol. The van der Waals surface area contributed by atoms with Gasteiger partial charge in [0, 0.05) is 5.69 Å². The second-order valence-electron chi connectivity index (χ2n) is 4.22. The number of aryl methyl sites for hydroxylation is 2. The van der Waals surface area contributed by atoms with Crippen LogP contribution in [0.5, 0.6) is 11.6 Å². The Kier molecular flexibility index (Phi) is 4.16. The molecule has 0 atom stereocenters. The molecule has 0 bridgehead atoms. The van der Waals surface area contributed by atoms with Gasteiger partial charge in [-0.2, -0.15) is 0 Å². The average Bonchev–Trinajstić information content (AvgIpc) is 2.33. The molecule has 0 fully saturated rings. The van der Waals surface area contributed by atoms with Crippen molar-refractivity contribution in [1.82, 2.24) is 4.98 Å². The summed E-state index contributed by atoms with van der Waals surface area (Å²) in [5, 5.41) is 9.80. The zero-order chi connectivity index (χ0) is 14.9.